The average Bonchev–Trinajstić information content (AvgIpc) is 2.72. The summed E-state index contributed by atoms with van der Waals surface area (Å²) in [6.45, 7) is 1.51. The number of nitrogens with two attached hydrogens (primary N) is 2. The highest BCUT2D eigenvalue weighted by Crippen LogP contribution is 2.29. The van der Waals surface area contributed by atoms with Gasteiger partial charge in [0.1, 0.15) is 5.75 Å². The predicted molar refractivity (Wildman–Crippen MR) is 61.6 cm³/mol. The predicted octanol–water partition coefficient (Wildman–Crippen LogP) is 0.465. The number of rotatable bonds is 3. The van der Waals surface area contributed by atoms with Gasteiger partial charge in [-0.15, -0.1) is 0 Å². The lowest BCUT2D eigenvalue weighted by Crippen LogP contribution is -2.39. The fourth-order valence-electron chi connectivity index (χ4n) is 1.84. The van der Waals surface area contributed by atoms with Crippen LogP contribution < -0.4 is 21.1 Å². The van der Waals surface area contributed by atoms with E-state index in [2.05, 4.69) is 0 Å². The molecule has 0 aromatic heterocycles. The molecule has 2 rings (SSSR count). The fraction of sp³-hybridized carbons (Fsp3) is 0.364. The summed E-state index contributed by atoms with van der Waals surface area (Å²) in [6.07, 6.45) is 0.873. The van der Waals surface area contributed by atoms with E-state index in [0.29, 0.717) is 19.7 Å². The van der Waals surface area contributed by atoms with Gasteiger partial charge in [-0.3, -0.25) is 4.90 Å². The Hall–Kier alpha value is -1.75. The molecule has 0 spiro atoms. The SMILES string of the molecule is NCCN(C(N)=O)c1ccc2c(c1)CCO2. The smallest absolute Gasteiger partial charge is 0.319 e. The monoisotopic (exact) mass is 221 g/mol. The molecule has 1 aliphatic heterocycles. The molecule has 86 valence electrons. The third-order valence-corrected chi connectivity index (χ3v) is 2.60. The van der Waals surface area contributed by atoms with Gasteiger partial charge in [0.2, 0.25) is 0 Å². The third kappa shape index (κ3) is 1.94. The summed E-state index contributed by atoms with van der Waals surface area (Å²) in [5.41, 5.74) is 12.6. The maximum atomic E-state index is 11.3. The Bertz CT molecular complexity index is 406. The first kappa shape index (κ1) is 10.8. The molecule has 2 amide bonds. The molecule has 0 bridgehead atoms. The van der Waals surface area contributed by atoms with E-state index >= 15 is 0 Å². The van der Waals surface area contributed by atoms with Crippen molar-refractivity contribution >= 4 is 11.7 Å². The zero-order valence-electron chi connectivity index (χ0n) is 8.98. The van der Waals surface area contributed by atoms with Crippen molar-refractivity contribution in [3.8, 4) is 5.75 Å². The molecular weight excluding hydrogens is 206 g/mol. The van der Waals surface area contributed by atoms with Gasteiger partial charge in [-0.1, -0.05) is 0 Å². The Balaban J connectivity index is 2.28. The first-order valence-corrected chi connectivity index (χ1v) is 5.25. The van der Waals surface area contributed by atoms with E-state index in [1.807, 2.05) is 18.2 Å². The average molecular weight is 221 g/mol. The molecule has 5 nitrogen and oxygen atoms in total. The number of amides is 2. The number of hydrogen-bond acceptors (Lipinski definition) is 3. The number of anilines is 1. The zero-order valence-corrected chi connectivity index (χ0v) is 8.98. The van der Waals surface area contributed by atoms with Crippen LogP contribution in [0.4, 0.5) is 10.5 Å². The number of benzene rings is 1. The van der Waals surface area contributed by atoms with E-state index in [1.54, 1.807) is 0 Å². The standard InChI is InChI=1S/C11H15N3O2/c12-4-5-14(11(13)15)9-1-2-10-8(7-9)3-6-16-10/h1-2,7H,3-6,12H2,(H2,13,15). The summed E-state index contributed by atoms with van der Waals surface area (Å²) in [4.78, 5) is 12.7. The van der Waals surface area contributed by atoms with Gasteiger partial charge >= 0.3 is 6.03 Å². The molecule has 16 heavy (non-hydrogen) atoms. The molecule has 1 aromatic carbocycles. The number of primary amides is 1. The molecule has 0 saturated heterocycles. The van der Waals surface area contributed by atoms with E-state index in [4.69, 9.17) is 16.2 Å². The summed E-state index contributed by atoms with van der Waals surface area (Å²) >= 11 is 0. The Morgan fingerprint density at radius 3 is 3.00 bits per heavy atom. The van der Waals surface area contributed by atoms with Crippen LogP contribution in [0.2, 0.25) is 0 Å². The second kappa shape index (κ2) is 4.40. The minimum atomic E-state index is -0.482. The number of nitrogens with zero attached hydrogens (tertiary/aromatic N) is 1. The van der Waals surface area contributed by atoms with Crippen molar-refractivity contribution in [3.05, 3.63) is 23.8 Å². The van der Waals surface area contributed by atoms with Crippen LogP contribution in [0.25, 0.3) is 0 Å². The summed E-state index contributed by atoms with van der Waals surface area (Å²) in [5.74, 6) is 0.890. The van der Waals surface area contributed by atoms with Crippen LogP contribution in [0.15, 0.2) is 18.2 Å². The molecule has 1 aliphatic rings. The van der Waals surface area contributed by atoms with Gasteiger partial charge in [0.15, 0.2) is 0 Å². The van der Waals surface area contributed by atoms with Crippen molar-refractivity contribution in [1.82, 2.24) is 0 Å². The van der Waals surface area contributed by atoms with Crippen LogP contribution in [0.1, 0.15) is 5.56 Å². The van der Waals surface area contributed by atoms with Crippen LogP contribution in [0, 0.1) is 0 Å². The summed E-state index contributed by atoms with van der Waals surface area (Å²) < 4.78 is 5.39. The minimum absolute atomic E-state index is 0.385. The van der Waals surface area contributed by atoms with Crippen LogP contribution >= 0.6 is 0 Å². The van der Waals surface area contributed by atoms with Gasteiger partial charge in [-0.25, -0.2) is 4.79 Å². The molecule has 0 fully saturated rings. The van der Waals surface area contributed by atoms with Crippen molar-refractivity contribution in [3.63, 3.8) is 0 Å². The Morgan fingerprint density at radius 1 is 1.50 bits per heavy atom. The lowest BCUT2D eigenvalue weighted by molar-refractivity contribution is 0.254. The van der Waals surface area contributed by atoms with E-state index in [1.165, 1.54) is 4.90 Å². The number of fused-ring (bicyclic) bond motifs is 1. The quantitative estimate of drug-likeness (QED) is 0.778. The Morgan fingerprint density at radius 2 is 2.31 bits per heavy atom. The fourth-order valence-corrected chi connectivity index (χ4v) is 1.84. The molecule has 0 saturated carbocycles. The lowest BCUT2D eigenvalue weighted by atomic mass is 10.1. The van der Waals surface area contributed by atoms with Gasteiger partial charge in [0.05, 0.1) is 6.61 Å². The molecular formula is C11H15N3O2. The highest BCUT2D eigenvalue weighted by atomic mass is 16.5. The van der Waals surface area contributed by atoms with Crippen LogP contribution in [0.5, 0.6) is 5.75 Å². The third-order valence-electron chi connectivity index (χ3n) is 2.60. The summed E-state index contributed by atoms with van der Waals surface area (Å²) in [6, 6.07) is 5.14. The number of ether oxygens (including phenoxy) is 1. The lowest BCUT2D eigenvalue weighted by Gasteiger charge is -2.20. The van der Waals surface area contributed by atoms with E-state index < -0.39 is 6.03 Å². The number of carbonyl (C=O) groups is 1. The molecule has 0 atom stereocenters. The van der Waals surface area contributed by atoms with Gasteiger partial charge in [0.25, 0.3) is 0 Å². The van der Waals surface area contributed by atoms with Crippen LogP contribution in [0.3, 0.4) is 0 Å². The van der Waals surface area contributed by atoms with Crippen molar-refractivity contribution in [2.75, 3.05) is 24.6 Å². The molecule has 0 radical (unpaired) electrons. The Labute approximate surface area is 94.0 Å². The first-order chi connectivity index (χ1) is 7.72. The van der Waals surface area contributed by atoms with Crippen LogP contribution in [-0.4, -0.2) is 25.7 Å². The second-order valence-electron chi connectivity index (χ2n) is 3.67. The maximum Gasteiger partial charge on any atom is 0.319 e. The Kier molecular flexibility index (Phi) is 2.96. The van der Waals surface area contributed by atoms with Gasteiger partial charge < -0.3 is 16.2 Å². The maximum absolute atomic E-state index is 11.3. The number of carbonyl (C=O) groups excluding carboxylic acids is 1. The summed E-state index contributed by atoms with van der Waals surface area (Å²) in [7, 11) is 0. The molecule has 4 N–H and O–H groups in total. The van der Waals surface area contributed by atoms with Crippen molar-refractivity contribution in [2.24, 2.45) is 11.5 Å². The van der Waals surface area contributed by atoms with Crippen molar-refractivity contribution in [2.45, 2.75) is 6.42 Å². The molecule has 1 heterocycles. The number of urea groups is 1. The van der Waals surface area contributed by atoms with E-state index in [9.17, 15) is 4.79 Å². The van der Waals surface area contributed by atoms with Crippen molar-refractivity contribution in [1.29, 1.82) is 0 Å². The summed E-state index contributed by atoms with van der Waals surface area (Å²) in [5, 5.41) is 0. The van der Waals surface area contributed by atoms with Gasteiger partial charge in [0, 0.05) is 25.2 Å². The largest absolute Gasteiger partial charge is 0.493 e. The van der Waals surface area contributed by atoms with Gasteiger partial charge in [-0.05, 0) is 23.8 Å². The molecule has 0 aliphatic carbocycles. The number of hydrogen-bond donors (Lipinski definition) is 2. The second-order valence-corrected chi connectivity index (χ2v) is 3.67. The molecule has 0 unspecified atom stereocenters. The van der Waals surface area contributed by atoms with Crippen molar-refractivity contribution < 1.29 is 9.53 Å². The topological polar surface area (TPSA) is 81.6 Å². The minimum Gasteiger partial charge on any atom is -0.493 e. The normalized spacial score (nSPS) is 13.1. The highest BCUT2D eigenvalue weighted by molar-refractivity contribution is 5.90. The highest BCUT2D eigenvalue weighted by Gasteiger charge is 2.16. The van der Waals surface area contributed by atoms with Crippen LogP contribution in [-0.2, 0) is 6.42 Å². The molecule has 5 heteroatoms. The van der Waals surface area contributed by atoms with E-state index in [-0.39, 0.29) is 0 Å². The zero-order chi connectivity index (χ0) is 11.5. The molecule has 1 aromatic rings. The first-order valence-electron chi connectivity index (χ1n) is 5.25. The van der Waals surface area contributed by atoms with E-state index in [0.717, 1.165) is 23.4 Å². The van der Waals surface area contributed by atoms with Gasteiger partial charge in [-0.2, -0.15) is 0 Å².